The van der Waals surface area contributed by atoms with Crippen LogP contribution >= 0.6 is 0 Å². The molecule has 0 radical (unpaired) electrons. The number of hydrogen-bond donors (Lipinski definition) is 0. The van der Waals surface area contributed by atoms with Gasteiger partial charge in [0.2, 0.25) is 0 Å². The van der Waals surface area contributed by atoms with Gasteiger partial charge in [-0.1, -0.05) is 182 Å². The second-order valence-electron chi connectivity index (χ2n) is 14.9. The molecule has 4 heteroatoms. The number of nitrogens with zero attached hydrogens (tertiary/aromatic N) is 4. The first-order valence-electron chi connectivity index (χ1n) is 19.9. The average molecular weight is 753 g/mol. The smallest absolute Gasteiger partial charge is 0.160 e. The molecule has 0 amide bonds. The second kappa shape index (κ2) is 14.5. The van der Waals surface area contributed by atoms with E-state index in [-0.39, 0.29) is 0 Å². The van der Waals surface area contributed by atoms with E-state index in [4.69, 9.17) is 15.0 Å². The zero-order valence-electron chi connectivity index (χ0n) is 32.1. The Hall–Kier alpha value is -7.95. The van der Waals surface area contributed by atoms with E-state index in [1.807, 2.05) is 12.1 Å². The lowest BCUT2D eigenvalue weighted by molar-refractivity contribution is 1.18. The molecular formula is C55H36N4. The average Bonchev–Trinajstić information content (AvgIpc) is 3.72. The summed E-state index contributed by atoms with van der Waals surface area (Å²) in [5.74, 6) is 0.688. The number of fused-ring (bicyclic) bond motifs is 5. The van der Waals surface area contributed by atoms with Crippen LogP contribution in [0.1, 0.15) is 0 Å². The lowest BCUT2D eigenvalue weighted by atomic mass is 9.98. The summed E-state index contributed by atoms with van der Waals surface area (Å²) in [6.45, 7) is 0. The summed E-state index contributed by atoms with van der Waals surface area (Å²) in [5.41, 5.74) is 18.1. The first kappa shape index (κ1) is 34.3. The van der Waals surface area contributed by atoms with E-state index in [2.05, 4.69) is 211 Å². The second-order valence-corrected chi connectivity index (χ2v) is 14.9. The minimum atomic E-state index is 0.688. The van der Waals surface area contributed by atoms with Gasteiger partial charge in [0.25, 0.3) is 0 Å². The van der Waals surface area contributed by atoms with Gasteiger partial charge in [0.15, 0.2) is 5.82 Å². The minimum Gasteiger partial charge on any atom is -0.306 e. The molecule has 0 aliphatic heterocycles. The highest BCUT2D eigenvalue weighted by Gasteiger charge is 2.16. The maximum Gasteiger partial charge on any atom is 0.160 e. The molecule has 59 heavy (non-hydrogen) atoms. The van der Waals surface area contributed by atoms with Gasteiger partial charge in [0, 0.05) is 27.6 Å². The van der Waals surface area contributed by atoms with Crippen molar-refractivity contribution in [2.45, 2.75) is 0 Å². The van der Waals surface area contributed by atoms with Crippen LogP contribution in [0.5, 0.6) is 0 Å². The van der Waals surface area contributed by atoms with Crippen molar-refractivity contribution in [1.82, 2.24) is 19.4 Å². The predicted octanol–water partition coefficient (Wildman–Crippen LogP) is 14.1. The quantitative estimate of drug-likeness (QED) is 0.163. The van der Waals surface area contributed by atoms with Gasteiger partial charge in [-0.15, -0.1) is 0 Å². The van der Waals surface area contributed by atoms with Crippen LogP contribution in [0.15, 0.2) is 218 Å². The van der Waals surface area contributed by atoms with Crippen LogP contribution in [0.4, 0.5) is 0 Å². The minimum absolute atomic E-state index is 0.688. The third kappa shape index (κ3) is 6.43. The molecule has 0 aliphatic carbocycles. The maximum atomic E-state index is 5.23. The molecule has 0 aliphatic rings. The highest BCUT2D eigenvalue weighted by Crippen LogP contribution is 2.35. The zero-order valence-corrected chi connectivity index (χ0v) is 32.1. The molecule has 0 saturated heterocycles. The SMILES string of the molecule is c1ccc(-c2ccc(-c3cc(-c4ccc(-c5cccc(-c6nc7ccccc7n7c6cc6ccccc67)c5)cc4)nc(-c4ccc(-c5ccccc5)cc4)n3)cc2)cc1. The fraction of sp³-hybridized carbons (Fsp3) is 0. The van der Waals surface area contributed by atoms with Crippen molar-refractivity contribution in [1.29, 1.82) is 0 Å². The molecule has 3 aromatic heterocycles. The summed E-state index contributed by atoms with van der Waals surface area (Å²) in [5, 5.41) is 1.20. The van der Waals surface area contributed by atoms with Crippen molar-refractivity contribution >= 4 is 27.5 Å². The van der Waals surface area contributed by atoms with Crippen LogP contribution in [-0.4, -0.2) is 19.4 Å². The monoisotopic (exact) mass is 752 g/mol. The molecule has 0 saturated carbocycles. The van der Waals surface area contributed by atoms with Crippen LogP contribution in [0, 0.1) is 0 Å². The van der Waals surface area contributed by atoms with Crippen LogP contribution in [0.3, 0.4) is 0 Å². The van der Waals surface area contributed by atoms with Crippen molar-refractivity contribution in [3.05, 3.63) is 218 Å². The van der Waals surface area contributed by atoms with Gasteiger partial charge in [-0.3, -0.25) is 0 Å². The summed E-state index contributed by atoms with van der Waals surface area (Å²) in [7, 11) is 0. The van der Waals surface area contributed by atoms with Crippen molar-refractivity contribution in [3.63, 3.8) is 0 Å². The number of para-hydroxylation sites is 3. The fourth-order valence-corrected chi connectivity index (χ4v) is 8.18. The molecule has 11 aromatic rings. The molecule has 0 N–H and O–H groups in total. The highest BCUT2D eigenvalue weighted by atomic mass is 14.9. The van der Waals surface area contributed by atoms with Crippen molar-refractivity contribution < 1.29 is 0 Å². The van der Waals surface area contributed by atoms with Crippen molar-refractivity contribution in [2.24, 2.45) is 0 Å². The molecule has 3 heterocycles. The highest BCUT2D eigenvalue weighted by molar-refractivity contribution is 5.99. The first-order chi connectivity index (χ1) is 29.2. The molecule has 4 nitrogen and oxygen atoms in total. The van der Waals surface area contributed by atoms with Crippen molar-refractivity contribution in [3.8, 4) is 78.5 Å². The number of rotatable bonds is 7. The molecule has 0 atom stereocenters. The summed E-state index contributed by atoms with van der Waals surface area (Å²) in [6.07, 6.45) is 0. The maximum absolute atomic E-state index is 5.23. The van der Waals surface area contributed by atoms with Gasteiger partial charge in [0.05, 0.1) is 39.1 Å². The Morgan fingerprint density at radius 2 is 0.729 bits per heavy atom. The van der Waals surface area contributed by atoms with Gasteiger partial charge in [-0.2, -0.15) is 0 Å². The van der Waals surface area contributed by atoms with Crippen LogP contribution < -0.4 is 0 Å². The van der Waals surface area contributed by atoms with Crippen LogP contribution in [0.25, 0.3) is 106 Å². The van der Waals surface area contributed by atoms with E-state index in [9.17, 15) is 0 Å². The topological polar surface area (TPSA) is 43.1 Å². The molecule has 0 fully saturated rings. The molecule has 0 unspecified atom stereocenters. The Morgan fingerprint density at radius 1 is 0.271 bits per heavy atom. The van der Waals surface area contributed by atoms with E-state index < -0.39 is 0 Å². The first-order valence-corrected chi connectivity index (χ1v) is 19.9. The summed E-state index contributed by atoms with van der Waals surface area (Å²) < 4.78 is 2.34. The van der Waals surface area contributed by atoms with Gasteiger partial charge in [0.1, 0.15) is 0 Å². The molecule has 0 bridgehead atoms. The number of aromatic nitrogens is 4. The lowest BCUT2D eigenvalue weighted by Gasteiger charge is -2.12. The van der Waals surface area contributed by atoms with E-state index >= 15 is 0 Å². The third-order valence-electron chi connectivity index (χ3n) is 11.2. The predicted molar refractivity (Wildman–Crippen MR) is 244 cm³/mol. The molecular weight excluding hydrogens is 717 g/mol. The molecule has 0 spiro atoms. The normalized spacial score (nSPS) is 11.4. The number of benzene rings is 8. The van der Waals surface area contributed by atoms with Crippen molar-refractivity contribution in [2.75, 3.05) is 0 Å². The van der Waals surface area contributed by atoms with E-state index in [1.54, 1.807) is 0 Å². The van der Waals surface area contributed by atoms with Crippen LogP contribution in [0.2, 0.25) is 0 Å². The Balaban J connectivity index is 0.968. The van der Waals surface area contributed by atoms with Gasteiger partial charge >= 0.3 is 0 Å². The van der Waals surface area contributed by atoms with Gasteiger partial charge in [-0.25, -0.2) is 15.0 Å². The number of hydrogen-bond acceptors (Lipinski definition) is 3. The van der Waals surface area contributed by atoms with E-state index in [0.29, 0.717) is 5.82 Å². The molecule has 11 rings (SSSR count). The fourth-order valence-electron chi connectivity index (χ4n) is 8.18. The molecule has 8 aromatic carbocycles. The Morgan fingerprint density at radius 3 is 1.36 bits per heavy atom. The Labute approximate surface area is 342 Å². The zero-order chi connectivity index (χ0) is 39.1. The summed E-state index contributed by atoms with van der Waals surface area (Å²) in [6, 6.07) is 76.8. The standard InChI is InChI=1S/C55H36N4/c1-3-12-37(13-4-1)39-22-28-42(29-23-39)49-36-50(58-55(57-49)44-32-26-40(27-33-44)38-14-5-2-6-15-38)43-30-24-41(25-31-43)45-17-11-18-47(34-45)54-53-35-46-16-7-9-20-51(46)59(53)52-21-10-8-19-48(52)56-54/h1-36H. The van der Waals surface area contributed by atoms with Gasteiger partial charge in [-0.05, 0) is 69.8 Å². The summed E-state index contributed by atoms with van der Waals surface area (Å²) >= 11 is 0. The third-order valence-corrected chi connectivity index (χ3v) is 11.2. The Bertz CT molecular complexity index is 3180. The van der Waals surface area contributed by atoms with Gasteiger partial charge < -0.3 is 4.40 Å². The van der Waals surface area contributed by atoms with E-state index in [1.165, 1.54) is 27.6 Å². The van der Waals surface area contributed by atoms with Crippen LogP contribution in [-0.2, 0) is 0 Å². The lowest BCUT2D eigenvalue weighted by Crippen LogP contribution is -1.96. The summed E-state index contributed by atoms with van der Waals surface area (Å²) in [4.78, 5) is 15.5. The Kier molecular flexibility index (Phi) is 8.45. The van der Waals surface area contributed by atoms with E-state index in [0.717, 1.165) is 72.6 Å². The molecule has 276 valence electrons. The largest absolute Gasteiger partial charge is 0.306 e.